The van der Waals surface area contributed by atoms with Crippen LogP contribution in [0.25, 0.3) is 16.8 Å². The van der Waals surface area contributed by atoms with E-state index in [-0.39, 0.29) is 16.9 Å². The molecule has 0 unspecified atom stereocenters. The lowest BCUT2D eigenvalue weighted by Crippen LogP contribution is -2.11. The molecular formula is C19H14ClN3O2. The molecule has 0 amide bonds. The quantitative estimate of drug-likeness (QED) is 0.722. The van der Waals surface area contributed by atoms with Crippen molar-refractivity contribution < 1.29 is 9.53 Å². The van der Waals surface area contributed by atoms with Crippen LogP contribution in [-0.2, 0) is 4.74 Å². The Morgan fingerprint density at radius 2 is 1.88 bits per heavy atom. The van der Waals surface area contributed by atoms with Crippen LogP contribution in [0.4, 0.5) is 5.69 Å². The van der Waals surface area contributed by atoms with Crippen LogP contribution in [0.3, 0.4) is 0 Å². The molecule has 0 spiro atoms. The molecule has 1 heterocycles. The summed E-state index contributed by atoms with van der Waals surface area (Å²) >= 11 is 6.06. The molecule has 3 rings (SSSR count). The van der Waals surface area contributed by atoms with Crippen molar-refractivity contribution in [2.45, 2.75) is 0 Å². The topological polar surface area (TPSA) is 81.0 Å². The Labute approximate surface area is 149 Å². The van der Waals surface area contributed by atoms with E-state index in [2.05, 4.69) is 0 Å². The number of hydrogen-bond donors (Lipinski definition) is 1. The van der Waals surface area contributed by atoms with Crippen LogP contribution in [0.1, 0.15) is 16.1 Å². The smallest absolute Gasteiger partial charge is 0.357 e. The van der Waals surface area contributed by atoms with E-state index in [0.717, 1.165) is 11.1 Å². The summed E-state index contributed by atoms with van der Waals surface area (Å²) in [5.41, 5.74) is 8.92. The van der Waals surface area contributed by atoms with Gasteiger partial charge in [-0.2, -0.15) is 5.26 Å². The molecule has 0 radical (unpaired) electrons. The fraction of sp³-hybridized carbons (Fsp3) is 0.0526. The number of anilines is 1. The van der Waals surface area contributed by atoms with E-state index < -0.39 is 5.97 Å². The first-order valence-electron chi connectivity index (χ1n) is 7.40. The van der Waals surface area contributed by atoms with E-state index in [0.29, 0.717) is 10.7 Å². The Morgan fingerprint density at radius 3 is 2.52 bits per heavy atom. The Bertz CT molecular complexity index is 1000. The molecule has 0 saturated heterocycles. The lowest BCUT2D eigenvalue weighted by atomic mass is 10.1. The van der Waals surface area contributed by atoms with E-state index in [1.807, 2.05) is 48.5 Å². The van der Waals surface area contributed by atoms with Crippen molar-refractivity contribution in [3.8, 4) is 22.9 Å². The van der Waals surface area contributed by atoms with Gasteiger partial charge in [0.1, 0.15) is 6.07 Å². The summed E-state index contributed by atoms with van der Waals surface area (Å²) in [4.78, 5) is 12.1. The van der Waals surface area contributed by atoms with Gasteiger partial charge in [-0.1, -0.05) is 35.9 Å². The zero-order valence-corrected chi connectivity index (χ0v) is 14.1. The first kappa shape index (κ1) is 16.6. The highest BCUT2D eigenvalue weighted by Crippen LogP contribution is 2.28. The maximum Gasteiger partial charge on any atom is 0.357 e. The summed E-state index contributed by atoms with van der Waals surface area (Å²) in [6.45, 7) is 0. The molecule has 25 heavy (non-hydrogen) atoms. The molecule has 0 aliphatic carbocycles. The highest BCUT2D eigenvalue weighted by Gasteiger charge is 2.21. The molecule has 0 fully saturated rings. The molecule has 2 N–H and O–H groups in total. The fourth-order valence-electron chi connectivity index (χ4n) is 2.62. The molecule has 0 atom stereocenters. The van der Waals surface area contributed by atoms with E-state index in [1.165, 1.54) is 13.3 Å². The Balaban J connectivity index is 2.17. The summed E-state index contributed by atoms with van der Waals surface area (Å²) in [5.74, 6) is -0.604. The third-order valence-corrected chi connectivity index (χ3v) is 4.06. The van der Waals surface area contributed by atoms with Crippen LogP contribution in [0.5, 0.6) is 0 Å². The van der Waals surface area contributed by atoms with Crippen molar-refractivity contribution in [2.24, 2.45) is 0 Å². The minimum absolute atomic E-state index is 0.0995. The van der Waals surface area contributed by atoms with Crippen molar-refractivity contribution in [1.82, 2.24) is 4.57 Å². The number of ether oxygens (including phenoxy) is 1. The molecule has 3 aromatic rings. The lowest BCUT2D eigenvalue weighted by Gasteiger charge is -2.10. The largest absolute Gasteiger partial charge is 0.464 e. The number of esters is 1. The number of nitrogen functional groups attached to an aromatic ring is 1. The summed E-state index contributed by atoms with van der Waals surface area (Å²) in [7, 11) is 1.27. The van der Waals surface area contributed by atoms with Gasteiger partial charge in [-0.3, -0.25) is 0 Å². The number of carbonyl (C=O) groups excluding carboxylic acids is 1. The third-order valence-electron chi connectivity index (χ3n) is 3.83. The van der Waals surface area contributed by atoms with E-state index in [9.17, 15) is 10.1 Å². The molecule has 1 aromatic heterocycles. The second kappa shape index (κ2) is 6.71. The Kier molecular flexibility index (Phi) is 4.46. The molecule has 0 bridgehead atoms. The number of benzene rings is 2. The number of methoxy groups -OCH3 is 1. The van der Waals surface area contributed by atoms with E-state index >= 15 is 0 Å². The van der Waals surface area contributed by atoms with Crippen LogP contribution in [0.15, 0.2) is 54.7 Å². The number of aromatic nitrogens is 1. The molecule has 0 saturated carbocycles. The van der Waals surface area contributed by atoms with Crippen molar-refractivity contribution in [3.63, 3.8) is 0 Å². The summed E-state index contributed by atoms with van der Waals surface area (Å²) < 4.78 is 6.36. The van der Waals surface area contributed by atoms with Gasteiger partial charge in [0.2, 0.25) is 0 Å². The van der Waals surface area contributed by atoms with Crippen LogP contribution >= 0.6 is 11.6 Å². The van der Waals surface area contributed by atoms with Gasteiger partial charge in [-0.15, -0.1) is 0 Å². The van der Waals surface area contributed by atoms with Gasteiger partial charge in [0.15, 0.2) is 5.69 Å². The number of hydrogen-bond acceptors (Lipinski definition) is 4. The van der Waals surface area contributed by atoms with Crippen LogP contribution in [0, 0.1) is 11.3 Å². The van der Waals surface area contributed by atoms with Crippen LogP contribution in [-0.4, -0.2) is 17.6 Å². The maximum atomic E-state index is 12.1. The number of nitrogens with zero attached hydrogens (tertiary/aromatic N) is 2. The zero-order valence-electron chi connectivity index (χ0n) is 13.4. The van der Waals surface area contributed by atoms with Gasteiger partial charge in [0.05, 0.1) is 18.4 Å². The molecule has 6 heteroatoms. The number of rotatable bonds is 3. The first-order chi connectivity index (χ1) is 12.0. The van der Waals surface area contributed by atoms with Crippen LogP contribution in [0.2, 0.25) is 5.02 Å². The molecular weight excluding hydrogens is 338 g/mol. The Morgan fingerprint density at radius 1 is 1.20 bits per heavy atom. The van der Waals surface area contributed by atoms with Crippen molar-refractivity contribution in [1.29, 1.82) is 5.26 Å². The molecule has 0 aliphatic heterocycles. The van der Waals surface area contributed by atoms with Gasteiger partial charge >= 0.3 is 5.97 Å². The maximum absolute atomic E-state index is 12.1. The summed E-state index contributed by atoms with van der Waals surface area (Å²) in [6.07, 6.45) is 1.53. The average molecular weight is 352 g/mol. The van der Waals surface area contributed by atoms with E-state index in [1.54, 1.807) is 10.6 Å². The minimum atomic E-state index is -0.604. The highest BCUT2D eigenvalue weighted by molar-refractivity contribution is 6.30. The third kappa shape index (κ3) is 3.08. The SMILES string of the molecule is COC(=O)c1c(N)c(C#N)cn1-c1cccc(-c2cccc(Cl)c2)c1. The number of nitriles is 1. The van der Waals surface area contributed by atoms with Crippen molar-refractivity contribution in [2.75, 3.05) is 12.8 Å². The number of carbonyl (C=O) groups is 1. The summed E-state index contributed by atoms with van der Waals surface area (Å²) in [6, 6.07) is 17.0. The van der Waals surface area contributed by atoms with Gasteiger partial charge in [0, 0.05) is 16.9 Å². The van der Waals surface area contributed by atoms with E-state index in [4.69, 9.17) is 22.1 Å². The van der Waals surface area contributed by atoms with Crippen molar-refractivity contribution >= 4 is 23.3 Å². The lowest BCUT2D eigenvalue weighted by molar-refractivity contribution is 0.0593. The van der Waals surface area contributed by atoms with Gasteiger partial charge in [-0.25, -0.2) is 4.79 Å². The Hall–Kier alpha value is -3.23. The van der Waals surface area contributed by atoms with Crippen molar-refractivity contribution in [3.05, 3.63) is 71.0 Å². The predicted octanol–water partition coefficient (Wildman–Crippen LogP) is 4.04. The monoisotopic (exact) mass is 351 g/mol. The summed E-state index contributed by atoms with van der Waals surface area (Å²) in [5, 5.41) is 9.84. The molecule has 5 nitrogen and oxygen atoms in total. The van der Waals surface area contributed by atoms with Gasteiger partial charge < -0.3 is 15.0 Å². The fourth-order valence-corrected chi connectivity index (χ4v) is 2.81. The highest BCUT2D eigenvalue weighted by atomic mass is 35.5. The second-order valence-electron chi connectivity index (χ2n) is 5.34. The standard InChI is InChI=1S/C19H14ClN3O2/c1-25-19(24)18-17(22)14(10-21)11-23(18)16-7-3-5-13(9-16)12-4-2-6-15(20)8-12/h2-9,11H,22H2,1H3. The molecule has 124 valence electrons. The minimum Gasteiger partial charge on any atom is -0.464 e. The molecule has 0 aliphatic rings. The number of nitrogens with two attached hydrogens (primary N) is 1. The van der Waals surface area contributed by atoms with Gasteiger partial charge in [-0.05, 0) is 35.4 Å². The first-order valence-corrected chi connectivity index (χ1v) is 7.78. The zero-order chi connectivity index (χ0) is 18.0. The van der Waals surface area contributed by atoms with Gasteiger partial charge in [0.25, 0.3) is 0 Å². The second-order valence-corrected chi connectivity index (χ2v) is 5.78. The molecule has 2 aromatic carbocycles. The number of halogens is 1. The normalized spacial score (nSPS) is 10.3. The average Bonchev–Trinajstić information content (AvgIpc) is 2.97. The predicted molar refractivity (Wildman–Crippen MR) is 96.7 cm³/mol. The van der Waals surface area contributed by atoms with Crippen LogP contribution < -0.4 is 5.73 Å².